The van der Waals surface area contributed by atoms with Crippen LogP contribution in [0.25, 0.3) is 11.1 Å². The van der Waals surface area contributed by atoms with Gasteiger partial charge in [0.25, 0.3) is 0 Å². The molecule has 1 aliphatic rings. The van der Waals surface area contributed by atoms with Crippen LogP contribution >= 0.6 is 0 Å². The number of hydrogen-bond acceptors (Lipinski definition) is 8. The second kappa shape index (κ2) is 14.9. The number of piperidine rings is 1. The number of alkyl carbamates (subject to hydrolysis) is 1. The Morgan fingerprint density at radius 2 is 1.57 bits per heavy atom. The molecule has 4 aromatic carbocycles. The molecule has 0 saturated carbocycles. The zero-order valence-corrected chi connectivity index (χ0v) is 27.1. The lowest BCUT2D eigenvalue weighted by atomic mass is 10.1. The average molecular weight is 655 g/mol. The van der Waals surface area contributed by atoms with Crippen molar-refractivity contribution in [2.75, 3.05) is 37.1 Å². The molecule has 4 aromatic rings. The summed E-state index contributed by atoms with van der Waals surface area (Å²) in [5, 5.41) is 15.3. The SMILES string of the molecule is CN1CCC(OC(=O)NC(=N)c2cccc(NN(Cc3ccccc3)C(=O)Nc3ccc(-c4ccccc4S(C)(=O)=O)cc3)c2)CC1. The van der Waals surface area contributed by atoms with Gasteiger partial charge >= 0.3 is 12.1 Å². The second-order valence-electron chi connectivity index (χ2n) is 11.4. The Morgan fingerprint density at radius 1 is 0.894 bits per heavy atom. The number of likely N-dealkylation sites (tertiary alicyclic amines) is 1. The third-order valence-corrected chi connectivity index (χ3v) is 8.90. The molecule has 0 unspecified atom stereocenters. The molecule has 0 aliphatic carbocycles. The number of nitrogens with one attached hydrogen (secondary N) is 4. The van der Waals surface area contributed by atoms with E-state index in [1.54, 1.807) is 72.8 Å². The number of carbonyl (C=O) groups excluding carboxylic acids is 2. The van der Waals surface area contributed by atoms with Crippen LogP contribution in [0.4, 0.5) is 21.0 Å². The number of hydrazine groups is 1. The maximum absolute atomic E-state index is 13.6. The molecule has 0 aromatic heterocycles. The van der Waals surface area contributed by atoms with Crippen molar-refractivity contribution < 1.29 is 22.7 Å². The number of sulfone groups is 1. The molecule has 0 bridgehead atoms. The summed E-state index contributed by atoms with van der Waals surface area (Å²) in [6.07, 6.45) is 1.82. The molecule has 0 spiro atoms. The van der Waals surface area contributed by atoms with Crippen molar-refractivity contribution in [1.29, 1.82) is 5.41 Å². The van der Waals surface area contributed by atoms with E-state index in [-0.39, 0.29) is 23.4 Å². The molecule has 0 atom stereocenters. The zero-order chi connectivity index (χ0) is 33.4. The number of benzene rings is 4. The van der Waals surface area contributed by atoms with Crippen LogP contribution in [0.5, 0.6) is 0 Å². The lowest BCUT2D eigenvalue weighted by molar-refractivity contribution is 0.0602. The lowest BCUT2D eigenvalue weighted by Crippen LogP contribution is -2.39. The number of amidine groups is 1. The molecule has 47 heavy (non-hydrogen) atoms. The highest BCUT2D eigenvalue weighted by molar-refractivity contribution is 7.90. The molecule has 1 fully saturated rings. The Labute approximate surface area is 274 Å². The first-order valence-corrected chi connectivity index (χ1v) is 17.1. The summed E-state index contributed by atoms with van der Waals surface area (Å²) in [5.41, 5.74) is 6.76. The maximum atomic E-state index is 13.6. The van der Waals surface area contributed by atoms with Crippen molar-refractivity contribution in [3.05, 3.63) is 114 Å². The van der Waals surface area contributed by atoms with Crippen molar-refractivity contribution in [3.63, 3.8) is 0 Å². The van der Waals surface area contributed by atoms with Gasteiger partial charge in [-0.3, -0.25) is 16.2 Å². The molecule has 5 rings (SSSR count). The molecule has 244 valence electrons. The minimum Gasteiger partial charge on any atom is -0.446 e. The monoisotopic (exact) mass is 654 g/mol. The molecular formula is C35H38N6O5S. The number of rotatable bonds is 9. The first-order chi connectivity index (χ1) is 22.5. The van der Waals surface area contributed by atoms with Crippen molar-refractivity contribution in [2.24, 2.45) is 0 Å². The van der Waals surface area contributed by atoms with Crippen molar-refractivity contribution in [3.8, 4) is 11.1 Å². The minimum atomic E-state index is -3.43. The fraction of sp³-hybridized carbons (Fsp3) is 0.229. The number of amides is 3. The summed E-state index contributed by atoms with van der Waals surface area (Å²) >= 11 is 0. The molecule has 4 N–H and O–H groups in total. The number of nitrogens with zero attached hydrogens (tertiary/aromatic N) is 2. The third kappa shape index (κ3) is 9.18. The smallest absolute Gasteiger partial charge is 0.413 e. The first kappa shape index (κ1) is 33.2. The predicted molar refractivity (Wildman–Crippen MR) is 183 cm³/mol. The summed E-state index contributed by atoms with van der Waals surface area (Å²) in [6, 6.07) is 29.6. The molecule has 12 heteroatoms. The quantitative estimate of drug-likeness (QED) is 0.0990. The number of hydrogen-bond donors (Lipinski definition) is 4. The van der Waals surface area contributed by atoms with Crippen LogP contribution in [-0.2, 0) is 21.1 Å². The van der Waals surface area contributed by atoms with Gasteiger partial charge in [0.05, 0.1) is 17.1 Å². The van der Waals surface area contributed by atoms with Gasteiger partial charge < -0.3 is 15.0 Å². The lowest BCUT2D eigenvalue weighted by Gasteiger charge is -2.28. The Balaban J connectivity index is 1.28. The second-order valence-corrected chi connectivity index (χ2v) is 13.4. The molecule has 3 amide bonds. The van der Waals surface area contributed by atoms with Crippen LogP contribution in [0.1, 0.15) is 24.0 Å². The van der Waals surface area contributed by atoms with Gasteiger partial charge in [-0.2, -0.15) is 0 Å². The number of anilines is 2. The van der Waals surface area contributed by atoms with Crippen molar-refractivity contribution >= 4 is 39.2 Å². The topological polar surface area (TPSA) is 144 Å². The Kier molecular flexibility index (Phi) is 10.5. The van der Waals surface area contributed by atoms with E-state index in [0.29, 0.717) is 28.1 Å². The fourth-order valence-corrected chi connectivity index (χ4v) is 6.15. The number of carbonyl (C=O) groups is 2. The fourth-order valence-electron chi connectivity index (χ4n) is 5.24. The largest absolute Gasteiger partial charge is 0.446 e. The average Bonchev–Trinajstić information content (AvgIpc) is 3.06. The molecule has 1 heterocycles. The van der Waals surface area contributed by atoms with Gasteiger partial charge in [-0.1, -0.05) is 72.8 Å². The normalized spacial score (nSPS) is 13.7. The highest BCUT2D eigenvalue weighted by Gasteiger charge is 2.21. The van der Waals surface area contributed by atoms with Crippen molar-refractivity contribution in [2.45, 2.75) is 30.4 Å². The summed E-state index contributed by atoms with van der Waals surface area (Å²) in [5.74, 6) is -0.122. The Morgan fingerprint density at radius 3 is 2.28 bits per heavy atom. The number of ether oxygens (including phenoxy) is 1. The summed E-state index contributed by atoms with van der Waals surface area (Å²) in [4.78, 5) is 28.5. The van der Waals surface area contributed by atoms with E-state index in [1.807, 2.05) is 37.4 Å². The summed E-state index contributed by atoms with van der Waals surface area (Å²) in [7, 11) is -1.40. The molecule has 1 aliphatic heterocycles. The van der Waals surface area contributed by atoms with Gasteiger partial charge in [0, 0.05) is 36.2 Å². The molecule has 1 saturated heterocycles. The van der Waals surface area contributed by atoms with E-state index in [4.69, 9.17) is 10.1 Å². The Bertz CT molecular complexity index is 1820. The van der Waals surface area contributed by atoms with E-state index in [0.717, 1.165) is 31.5 Å². The van der Waals surface area contributed by atoms with E-state index < -0.39 is 22.0 Å². The van der Waals surface area contributed by atoms with Crippen molar-refractivity contribution in [1.82, 2.24) is 15.2 Å². The van der Waals surface area contributed by atoms with Crippen LogP contribution < -0.4 is 16.1 Å². The van der Waals surface area contributed by atoms with E-state index in [1.165, 1.54) is 11.3 Å². The molecule has 11 nitrogen and oxygen atoms in total. The van der Waals surface area contributed by atoms with Gasteiger partial charge in [0.15, 0.2) is 9.84 Å². The standard InChI is InChI=1S/C35H38N6O5S/c1-40-21-19-30(20-22-40)46-35(43)38-33(36)27-11-8-12-29(23-27)39-41(24-25-9-4-3-5-10-25)34(42)37-28-17-15-26(16-18-28)31-13-6-7-14-32(31)47(2,44)45/h3-18,23,30,39H,19-22,24H2,1-2H3,(H,37,42)(H2,36,38,43). The third-order valence-electron chi connectivity index (χ3n) is 7.74. The van der Waals surface area contributed by atoms with Gasteiger partial charge in [-0.25, -0.2) is 23.0 Å². The van der Waals surface area contributed by atoms with E-state index >= 15 is 0 Å². The van der Waals surface area contributed by atoms with Crippen LogP contribution in [0.3, 0.4) is 0 Å². The van der Waals surface area contributed by atoms with Gasteiger partial charge in [-0.05, 0) is 61.3 Å². The van der Waals surface area contributed by atoms with E-state index in [2.05, 4.69) is 21.0 Å². The van der Waals surface area contributed by atoms with Crippen LogP contribution in [0.2, 0.25) is 0 Å². The van der Waals surface area contributed by atoms with Gasteiger partial charge in [-0.15, -0.1) is 0 Å². The summed E-state index contributed by atoms with van der Waals surface area (Å²) in [6.45, 7) is 1.91. The molecular weight excluding hydrogens is 616 g/mol. The zero-order valence-electron chi connectivity index (χ0n) is 26.3. The minimum absolute atomic E-state index is 0.122. The van der Waals surface area contributed by atoms with Gasteiger partial charge in [0.2, 0.25) is 0 Å². The van der Waals surface area contributed by atoms with Gasteiger partial charge in [0.1, 0.15) is 11.9 Å². The van der Waals surface area contributed by atoms with Crippen LogP contribution in [0.15, 0.2) is 108 Å². The first-order valence-electron chi connectivity index (χ1n) is 15.2. The predicted octanol–water partition coefficient (Wildman–Crippen LogP) is 5.96. The number of urea groups is 1. The van der Waals surface area contributed by atoms with Crippen LogP contribution in [-0.4, -0.2) is 68.8 Å². The van der Waals surface area contributed by atoms with E-state index in [9.17, 15) is 18.0 Å². The molecule has 0 radical (unpaired) electrons. The van der Waals surface area contributed by atoms with Crippen LogP contribution in [0, 0.1) is 5.41 Å². The highest BCUT2D eigenvalue weighted by atomic mass is 32.2. The maximum Gasteiger partial charge on any atom is 0.413 e. The Hall–Kier alpha value is -5.20. The highest BCUT2D eigenvalue weighted by Crippen LogP contribution is 2.28. The summed E-state index contributed by atoms with van der Waals surface area (Å²) < 4.78 is 30.1.